The number of benzene rings is 1. The number of nitrogens with one attached hydrogen (secondary N) is 2. The van der Waals surface area contributed by atoms with E-state index in [1.54, 1.807) is 37.3 Å². The number of anilines is 1. The van der Waals surface area contributed by atoms with E-state index in [-0.39, 0.29) is 18.9 Å². The zero-order valence-corrected chi connectivity index (χ0v) is 10.1. The highest BCUT2D eigenvalue weighted by Crippen LogP contribution is 2.11. The standard InChI is InChI=1S/C13H16N2O3/c1-2-12(17)15-13(18)14-11-7-3-5-10(9-11)6-4-8-16/h3-7,9,16H,2,8H2,1H3,(H2,14,15,17,18)/b6-4+. The van der Waals surface area contributed by atoms with Crippen LogP contribution in [-0.2, 0) is 4.79 Å². The summed E-state index contributed by atoms with van der Waals surface area (Å²) in [6, 6.07) is 6.51. The summed E-state index contributed by atoms with van der Waals surface area (Å²) in [6.07, 6.45) is 3.59. The van der Waals surface area contributed by atoms with E-state index < -0.39 is 6.03 Å². The average Bonchev–Trinajstić information content (AvgIpc) is 2.36. The van der Waals surface area contributed by atoms with Gasteiger partial charge in [-0.2, -0.15) is 0 Å². The van der Waals surface area contributed by atoms with Gasteiger partial charge in [0.1, 0.15) is 0 Å². The number of carbonyl (C=O) groups is 2. The Bertz CT molecular complexity index is 455. The molecule has 0 saturated heterocycles. The van der Waals surface area contributed by atoms with Crippen LogP contribution in [-0.4, -0.2) is 23.7 Å². The summed E-state index contributed by atoms with van der Waals surface area (Å²) in [5.74, 6) is -0.330. The highest BCUT2D eigenvalue weighted by molar-refractivity contribution is 6.01. The third kappa shape index (κ3) is 4.80. The van der Waals surface area contributed by atoms with Crippen LogP contribution in [0.15, 0.2) is 30.3 Å². The number of rotatable bonds is 4. The molecule has 0 aliphatic rings. The minimum absolute atomic E-state index is 0.0385. The molecule has 5 nitrogen and oxygen atoms in total. The molecule has 3 N–H and O–H groups in total. The first kappa shape index (κ1) is 13.9. The fourth-order valence-electron chi connectivity index (χ4n) is 1.29. The van der Waals surface area contributed by atoms with E-state index in [0.29, 0.717) is 5.69 Å². The van der Waals surface area contributed by atoms with Crippen LogP contribution in [0.4, 0.5) is 10.5 Å². The van der Waals surface area contributed by atoms with Crippen LogP contribution in [0.1, 0.15) is 18.9 Å². The summed E-state index contributed by atoms with van der Waals surface area (Å²) in [5, 5.41) is 13.4. The number of amides is 3. The Hall–Kier alpha value is -2.14. The lowest BCUT2D eigenvalue weighted by molar-refractivity contribution is -0.119. The molecule has 1 rings (SSSR count). The van der Waals surface area contributed by atoms with E-state index in [1.165, 1.54) is 0 Å². The number of aliphatic hydroxyl groups is 1. The molecule has 0 atom stereocenters. The summed E-state index contributed by atoms with van der Waals surface area (Å²) >= 11 is 0. The van der Waals surface area contributed by atoms with Crippen LogP contribution in [0, 0.1) is 0 Å². The van der Waals surface area contributed by atoms with Crippen molar-refractivity contribution in [2.45, 2.75) is 13.3 Å². The average molecular weight is 248 g/mol. The highest BCUT2D eigenvalue weighted by atomic mass is 16.2. The molecule has 0 spiro atoms. The van der Waals surface area contributed by atoms with E-state index in [4.69, 9.17) is 5.11 Å². The lowest BCUT2D eigenvalue weighted by Crippen LogP contribution is -2.33. The van der Waals surface area contributed by atoms with Gasteiger partial charge in [0, 0.05) is 12.1 Å². The zero-order chi connectivity index (χ0) is 13.4. The Labute approximate surface area is 106 Å². The molecular weight excluding hydrogens is 232 g/mol. The van der Waals surface area contributed by atoms with Crippen LogP contribution in [0.2, 0.25) is 0 Å². The molecule has 0 bridgehead atoms. The van der Waals surface area contributed by atoms with Gasteiger partial charge in [-0.25, -0.2) is 4.79 Å². The maximum Gasteiger partial charge on any atom is 0.325 e. The molecule has 1 aromatic carbocycles. The van der Waals surface area contributed by atoms with E-state index in [2.05, 4.69) is 10.6 Å². The van der Waals surface area contributed by atoms with E-state index in [1.807, 2.05) is 6.07 Å². The normalized spacial score (nSPS) is 10.3. The summed E-state index contributed by atoms with van der Waals surface area (Å²) < 4.78 is 0. The molecule has 0 aliphatic carbocycles. The third-order valence-electron chi connectivity index (χ3n) is 2.13. The van der Waals surface area contributed by atoms with Gasteiger partial charge in [-0.1, -0.05) is 31.2 Å². The Morgan fingerprint density at radius 2 is 2.17 bits per heavy atom. The molecule has 0 saturated carbocycles. The number of hydrogen-bond donors (Lipinski definition) is 3. The first-order valence-corrected chi connectivity index (χ1v) is 5.64. The zero-order valence-electron chi connectivity index (χ0n) is 10.1. The third-order valence-corrected chi connectivity index (χ3v) is 2.13. The molecule has 0 aliphatic heterocycles. The second-order valence-corrected chi connectivity index (χ2v) is 3.57. The first-order chi connectivity index (χ1) is 8.65. The smallest absolute Gasteiger partial charge is 0.325 e. The molecular formula is C13H16N2O3. The summed E-state index contributed by atoms with van der Waals surface area (Å²) in [6.45, 7) is 1.63. The van der Waals surface area contributed by atoms with E-state index >= 15 is 0 Å². The summed E-state index contributed by atoms with van der Waals surface area (Å²) in [7, 11) is 0. The first-order valence-electron chi connectivity index (χ1n) is 5.64. The number of imide groups is 1. The topological polar surface area (TPSA) is 78.4 Å². The SMILES string of the molecule is CCC(=O)NC(=O)Nc1cccc(/C=C/CO)c1. The van der Waals surface area contributed by atoms with E-state index in [9.17, 15) is 9.59 Å². The van der Waals surface area contributed by atoms with Crippen molar-refractivity contribution in [3.63, 3.8) is 0 Å². The fraction of sp³-hybridized carbons (Fsp3) is 0.231. The fourth-order valence-corrected chi connectivity index (χ4v) is 1.29. The van der Waals surface area contributed by atoms with Crippen molar-refractivity contribution in [3.05, 3.63) is 35.9 Å². The van der Waals surface area contributed by atoms with Crippen LogP contribution in [0.5, 0.6) is 0 Å². The van der Waals surface area contributed by atoms with E-state index in [0.717, 1.165) is 5.56 Å². The monoisotopic (exact) mass is 248 g/mol. The second kappa shape index (κ2) is 7.24. The molecule has 1 aromatic rings. The number of hydrogen-bond acceptors (Lipinski definition) is 3. The second-order valence-electron chi connectivity index (χ2n) is 3.57. The van der Waals surface area contributed by atoms with Crippen molar-refractivity contribution in [1.82, 2.24) is 5.32 Å². The van der Waals surface area contributed by atoms with Crippen LogP contribution in [0.3, 0.4) is 0 Å². The van der Waals surface area contributed by atoms with Gasteiger partial charge in [-0.05, 0) is 17.7 Å². The molecule has 5 heteroatoms. The molecule has 0 heterocycles. The summed E-state index contributed by atoms with van der Waals surface area (Å²) in [5.41, 5.74) is 1.43. The quantitative estimate of drug-likeness (QED) is 0.759. The van der Waals surface area contributed by atoms with Crippen LogP contribution in [0.25, 0.3) is 6.08 Å². The van der Waals surface area contributed by atoms with Gasteiger partial charge in [0.2, 0.25) is 5.91 Å². The Morgan fingerprint density at radius 1 is 1.39 bits per heavy atom. The van der Waals surface area contributed by atoms with Crippen molar-refractivity contribution in [3.8, 4) is 0 Å². The van der Waals surface area contributed by atoms with Gasteiger partial charge in [0.15, 0.2) is 0 Å². The van der Waals surface area contributed by atoms with Crippen molar-refractivity contribution in [2.75, 3.05) is 11.9 Å². The van der Waals surface area contributed by atoms with Crippen molar-refractivity contribution in [1.29, 1.82) is 0 Å². The Kier molecular flexibility index (Phi) is 5.60. The highest BCUT2D eigenvalue weighted by Gasteiger charge is 2.05. The maximum absolute atomic E-state index is 11.4. The lowest BCUT2D eigenvalue weighted by Gasteiger charge is -2.06. The van der Waals surface area contributed by atoms with Crippen molar-refractivity contribution < 1.29 is 14.7 Å². The van der Waals surface area contributed by atoms with Gasteiger partial charge in [0.25, 0.3) is 0 Å². The largest absolute Gasteiger partial charge is 0.392 e. The molecule has 0 fully saturated rings. The predicted octanol–water partition coefficient (Wildman–Crippen LogP) is 1.75. The minimum atomic E-state index is -0.551. The lowest BCUT2D eigenvalue weighted by atomic mass is 10.2. The van der Waals surface area contributed by atoms with Gasteiger partial charge in [-0.3, -0.25) is 10.1 Å². The number of carbonyl (C=O) groups excluding carboxylic acids is 2. The maximum atomic E-state index is 11.4. The molecule has 3 amide bonds. The summed E-state index contributed by atoms with van der Waals surface area (Å²) in [4.78, 5) is 22.4. The Morgan fingerprint density at radius 3 is 2.83 bits per heavy atom. The number of urea groups is 1. The van der Waals surface area contributed by atoms with Crippen molar-refractivity contribution in [2.24, 2.45) is 0 Å². The van der Waals surface area contributed by atoms with Crippen LogP contribution >= 0.6 is 0 Å². The molecule has 0 aromatic heterocycles. The van der Waals surface area contributed by atoms with Gasteiger partial charge >= 0.3 is 6.03 Å². The van der Waals surface area contributed by atoms with Gasteiger partial charge < -0.3 is 10.4 Å². The molecule has 0 radical (unpaired) electrons. The molecule has 0 unspecified atom stereocenters. The Balaban J connectivity index is 2.64. The van der Waals surface area contributed by atoms with Gasteiger partial charge in [0.05, 0.1) is 6.61 Å². The van der Waals surface area contributed by atoms with Crippen molar-refractivity contribution >= 4 is 23.7 Å². The predicted molar refractivity (Wildman–Crippen MR) is 70.0 cm³/mol. The van der Waals surface area contributed by atoms with Crippen LogP contribution < -0.4 is 10.6 Å². The molecule has 18 heavy (non-hydrogen) atoms. The number of aliphatic hydroxyl groups excluding tert-OH is 1. The minimum Gasteiger partial charge on any atom is -0.392 e. The molecule has 96 valence electrons. The van der Waals surface area contributed by atoms with Gasteiger partial charge in [-0.15, -0.1) is 0 Å².